The molecular weight excluding hydrogens is 461 g/mol. The second kappa shape index (κ2) is 9.51. The zero-order chi connectivity index (χ0) is 24.4. The summed E-state index contributed by atoms with van der Waals surface area (Å²) >= 11 is 6.33. The van der Waals surface area contributed by atoms with Crippen molar-refractivity contribution in [1.82, 2.24) is 4.90 Å². The number of nitrogens with zero attached hydrogens (tertiary/aromatic N) is 2. The van der Waals surface area contributed by atoms with E-state index in [0.717, 1.165) is 17.7 Å². The van der Waals surface area contributed by atoms with Crippen molar-refractivity contribution in [2.45, 2.75) is 39.1 Å². The van der Waals surface area contributed by atoms with Gasteiger partial charge in [-0.15, -0.1) is 0 Å². The fourth-order valence-electron chi connectivity index (χ4n) is 3.37. The summed E-state index contributed by atoms with van der Waals surface area (Å²) < 4.78 is 49.0. The number of rotatable bonds is 7. The van der Waals surface area contributed by atoms with Crippen LogP contribution in [0.2, 0.25) is 5.02 Å². The Morgan fingerprint density at radius 1 is 1.09 bits per heavy atom. The smallest absolute Gasteiger partial charge is 0.416 e. The normalized spacial score (nSPS) is 14.6. The maximum atomic E-state index is 12.8. The van der Waals surface area contributed by atoms with Gasteiger partial charge in [0, 0.05) is 25.3 Å². The molecule has 1 heterocycles. The number of halogens is 4. The van der Waals surface area contributed by atoms with E-state index < -0.39 is 23.3 Å². The molecule has 33 heavy (non-hydrogen) atoms. The SMILES string of the molecule is CCOC(=O)C(C)(C)Oc1ccc(CN2CCN(c3ccc(C(F)(F)F)cc3)C2=O)cc1Cl. The molecule has 2 aromatic rings. The Hall–Kier alpha value is -2.94. The van der Waals surface area contributed by atoms with Crippen molar-refractivity contribution in [3.05, 3.63) is 58.6 Å². The van der Waals surface area contributed by atoms with E-state index in [1.54, 1.807) is 43.9 Å². The average molecular weight is 485 g/mol. The molecule has 0 atom stereocenters. The summed E-state index contributed by atoms with van der Waals surface area (Å²) in [5.74, 6) is -0.214. The van der Waals surface area contributed by atoms with Crippen LogP contribution in [0.25, 0.3) is 0 Å². The van der Waals surface area contributed by atoms with Gasteiger partial charge in [-0.25, -0.2) is 9.59 Å². The quantitative estimate of drug-likeness (QED) is 0.485. The Morgan fingerprint density at radius 3 is 2.33 bits per heavy atom. The van der Waals surface area contributed by atoms with Crippen LogP contribution in [-0.4, -0.2) is 42.2 Å². The number of ether oxygens (including phenoxy) is 2. The second-order valence-corrected chi connectivity index (χ2v) is 8.41. The Labute approximate surface area is 194 Å². The zero-order valence-corrected chi connectivity index (χ0v) is 19.2. The third kappa shape index (κ3) is 5.71. The first-order valence-corrected chi connectivity index (χ1v) is 10.7. The summed E-state index contributed by atoms with van der Waals surface area (Å²) in [7, 11) is 0. The topological polar surface area (TPSA) is 59.1 Å². The molecule has 0 bridgehead atoms. The van der Waals surface area contributed by atoms with Crippen molar-refractivity contribution >= 4 is 29.3 Å². The summed E-state index contributed by atoms with van der Waals surface area (Å²) in [6.07, 6.45) is -4.43. The molecule has 0 spiro atoms. The molecule has 10 heteroatoms. The van der Waals surface area contributed by atoms with E-state index in [1.807, 2.05) is 0 Å². The van der Waals surface area contributed by atoms with Crippen molar-refractivity contribution in [3.8, 4) is 5.75 Å². The molecule has 0 aromatic heterocycles. The molecule has 178 valence electrons. The van der Waals surface area contributed by atoms with Gasteiger partial charge in [0.15, 0.2) is 5.60 Å². The van der Waals surface area contributed by atoms with Crippen molar-refractivity contribution < 1.29 is 32.2 Å². The van der Waals surface area contributed by atoms with Gasteiger partial charge in [-0.2, -0.15) is 13.2 Å². The molecule has 1 saturated heterocycles. The Morgan fingerprint density at radius 2 is 1.76 bits per heavy atom. The summed E-state index contributed by atoms with van der Waals surface area (Å²) in [5, 5.41) is 0.274. The first-order chi connectivity index (χ1) is 15.4. The number of benzene rings is 2. The van der Waals surface area contributed by atoms with Crippen molar-refractivity contribution in [1.29, 1.82) is 0 Å². The van der Waals surface area contributed by atoms with E-state index in [2.05, 4.69) is 0 Å². The monoisotopic (exact) mass is 484 g/mol. The molecule has 2 aromatic carbocycles. The molecule has 0 N–H and O–H groups in total. The number of amides is 2. The summed E-state index contributed by atoms with van der Waals surface area (Å²) in [5.41, 5.74) is -0.853. The molecule has 6 nitrogen and oxygen atoms in total. The number of urea groups is 1. The van der Waals surface area contributed by atoms with Crippen LogP contribution in [0.4, 0.5) is 23.7 Å². The largest absolute Gasteiger partial charge is 0.475 e. The van der Waals surface area contributed by atoms with Gasteiger partial charge in [-0.05, 0) is 62.7 Å². The molecule has 3 rings (SSSR count). The van der Waals surface area contributed by atoms with Crippen LogP contribution in [0.3, 0.4) is 0 Å². The van der Waals surface area contributed by atoms with Crippen LogP contribution >= 0.6 is 11.6 Å². The lowest BCUT2D eigenvalue weighted by atomic mass is 10.1. The number of esters is 1. The van der Waals surface area contributed by atoms with Gasteiger partial charge in [0.05, 0.1) is 17.2 Å². The summed E-state index contributed by atoms with van der Waals surface area (Å²) in [6.45, 7) is 6.11. The van der Waals surface area contributed by atoms with E-state index in [4.69, 9.17) is 21.1 Å². The highest BCUT2D eigenvalue weighted by Gasteiger charge is 2.34. The summed E-state index contributed by atoms with van der Waals surface area (Å²) in [4.78, 5) is 27.8. The van der Waals surface area contributed by atoms with Crippen molar-refractivity contribution in [2.75, 3.05) is 24.6 Å². The minimum Gasteiger partial charge on any atom is -0.475 e. The highest BCUT2D eigenvalue weighted by atomic mass is 35.5. The van der Waals surface area contributed by atoms with Gasteiger partial charge in [-0.1, -0.05) is 17.7 Å². The van der Waals surface area contributed by atoms with E-state index in [9.17, 15) is 22.8 Å². The predicted molar refractivity (Wildman–Crippen MR) is 117 cm³/mol. The van der Waals surface area contributed by atoms with Crippen LogP contribution in [-0.2, 0) is 22.3 Å². The number of hydrogen-bond acceptors (Lipinski definition) is 4. The van der Waals surface area contributed by atoms with Gasteiger partial charge in [0.25, 0.3) is 0 Å². The molecule has 0 unspecified atom stereocenters. The molecule has 1 fully saturated rings. The van der Waals surface area contributed by atoms with Crippen molar-refractivity contribution in [3.63, 3.8) is 0 Å². The zero-order valence-electron chi connectivity index (χ0n) is 18.4. The standard InChI is InChI=1S/C23H24ClF3N2O4/c1-4-32-20(30)22(2,3)33-19-10-5-15(13-18(19)24)14-28-11-12-29(21(28)31)17-8-6-16(7-9-17)23(25,26)27/h5-10,13H,4,11-12,14H2,1-3H3. The highest BCUT2D eigenvalue weighted by Crippen LogP contribution is 2.32. The lowest BCUT2D eigenvalue weighted by molar-refractivity contribution is -0.158. The van der Waals surface area contributed by atoms with Crippen molar-refractivity contribution in [2.24, 2.45) is 0 Å². The third-order valence-corrected chi connectivity index (χ3v) is 5.40. The molecular formula is C23H24ClF3N2O4. The van der Waals surface area contributed by atoms with Gasteiger partial charge in [0.1, 0.15) is 5.75 Å². The first kappa shape index (κ1) is 24.7. The molecule has 1 aliphatic rings. The molecule has 1 aliphatic heterocycles. The van der Waals surface area contributed by atoms with Crippen LogP contribution in [0, 0.1) is 0 Å². The maximum Gasteiger partial charge on any atom is 0.416 e. The van der Waals surface area contributed by atoms with Crippen LogP contribution in [0.15, 0.2) is 42.5 Å². The Balaban J connectivity index is 1.66. The van der Waals surface area contributed by atoms with E-state index >= 15 is 0 Å². The fraction of sp³-hybridized carbons (Fsp3) is 0.391. The van der Waals surface area contributed by atoms with Crippen LogP contribution in [0.5, 0.6) is 5.75 Å². The molecule has 0 aliphatic carbocycles. The van der Waals surface area contributed by atoms with Gasteiger partial charge < -0.3 is 14.4 Å². The van der Waals surface area contributed by atoms with E-state index in [1.165, 1.54) is 17.0 Å². The number of carbonyl (C=O) groups is 2. The minimum atomic E-state index is -4.43. The fourth-order valence-corrected chi connectivity index (χ4v) is 3.61. The number of anilines is 1. The second-order valence-electron chi connectivity index (χ2n) is 8.00. The number of alkyl halides is 3. The number of hydrogen-bond donors (Lipinski definition) is 0. The Kier molecular flexibility index (Phi) is 7.11. The first-order valence-electron chi connectivity index (χ1n) is 10.3. The van der Waals surface area contributed by atoms with Crippen LogP contribution < -0.4 is 9.64 Å². The summed E-state index contributed by atoms with van der Waals surface area (Å²) in [6, 6.07) is 9.19. The number of carbonyl (C=O) groups excluding carboxylic acids is 2. The minimum absolute atomic E-state index is 0.228. The predicted octanol–water partition coefficient (Wildman–Crippen LogP) is 5.52. The molecule has 0 saturated carbocycles. The Bertz CT molecular complexity index is 1030. The maximum absolute atomic E-state index is 12.8. The van der Waals surface area contributed by atoms with Gasteiger partial charge >= 0.3 is 18.2 Å². The van der Waals surface area contributed by atoms with Gasteiger partial charge in [0.2, 0.25) is 0 Å². The lowest BCUT2D eigenvalue weighted by Gasteiger charge is -2.25. The molecule has 2 amide bonds. The lowest BCUT2D eigenvalue weighted by Crippen LogP contribution is -2.39. The highest BCUT2D eigenvalue weighted by molar-refractivity contribution is 6.32. The van der Waals surface area contributed by atoms with E-state index in [-0.39, 0.29) is 24.2 Å². The van der Waals surface area contributed by atoms with Gasteiger partial charge in [-0.3, -0.25) is 4.90 Å². The molecule has 0 radical (unpaired) electrons. The van der Waals surface area contributed by atoms with Crippen LogP contribution in [0.1, 0.15) is 31.9 Å². The average Bonchev–Trinajstić information content (AvgIpc) is 3.10. The van der Waals surface area contributed by atoms with E-state index in [0.29, 0.717) is 24.5 Å². The third-order valence-electron chi connectivity index (χ3n) is 5.10.